The highest BCUT2D eigenvalue weighted by Gasteiger charge is 2.14. The molecule has 0 aromatic heterocycles. The van der Waals surface area contributed by atoms with Gasteiger partial charge in [-0.15, -0.1) is 0 Å². The second-order valence-corrected chi connectivity index (χ2v) is 4.50. The number of ether oxygens (including phenoxy) is 2. The quantitative estimate of drug-likeness (QED) is 0.263. The van der Waals surface area contributed by atoms with Gasteiger partial charge < -0.3 is 9.47 Å². The standard InChI is InChI=1S/C15H24O4/c1-5-6-7-8-9-10-11-18-15(17)13(4)19-14(16)12(2)3/h2,4-11H2,1,3H3. The summed E-state index contributed by atoms with van der Waals surface area (Å²) in [4.78, 5) is 22.6. The molecule has 0 N–H and O–H groups in total. The third kappa shape index (κ3) is 9.05. The molecule has 0 amide bonds. The molecule has 0 saturated heterocycles. The summed E-state index contributed by atoms with van der Waals surface area (Å²) in [7, 11) is 0. The molecule has 0 aliphatic heterocycles. The Morgan fingerprint density at radius 3 is 2.11 bits per heavy atom. The topological polar surface area (TPSA) is 52.6 Å². The van der Waals surface area contributed by atoms with Crippen LogP contribution in [-0.2, 0) is 19.1 Å². The molecule has 0 aromatic rings. The fraction of sp³-hybridized carbons (Fsp3) is 0.600. The first kappa shape index (κ1) is 17.4. The molecule has 4 heteroatoms. The summed E-state index contributed by atoms with van der Waals surface area (Å²) in [6.07, 6.45) is 6.67. The number of carbonyl (C=O) groups is 2. The van der Waals surface area contributed by atoms with Crippen LogP contribution in [0.25, 0.3) is 0 Å². The van der Waals surface area contributed by atoms with Crippen LogP contribution in [0.4, 0.5) is 0 Å². The third-order valence-electron chi connectivity index (χ3n) is 2.52. The number of hydrogen-bond donors (Lipinski definition) is 0. The van der Waals surface area contributed by atoms with Crippen LogP contribution in [-0.4, -0.2) is 18.5 Å². The molecule has 19 heavy (non-hydrogen) atoms. The largest absolute Gasteiger partial charge is 0.460 e. The molecule has 0 aliphatic rings. The van der Waals surface area contributed by atoms with E-state index in [-0.39, 0.29) is 11.3 Å². The third-order valence-corrected chi connectivity index (χ3v) is 2.52. The molecule has 0 heterocycles. The summed E-state index contributed by atoms with van der Waals surface area (Å²) in [5.74, 6) is -1.65. The van der Waals surface area contributed by atoms with E-state index in [1.165, 1.54) is 26.2 Å². The van der Waals surface area contributed by atoms with E-state index in [0.717, 1.165) is 19.3 Å². The minimum atomic E-state index is -0.692. The fourth-order valence-electron chi connectivity index (χ4n) is 1.37. The van der Waals surface area contributed by atoms with E-state index in [2.05, 4.69) is 24.8 Å². The van der Waals surface area contributed by atoms with Crippen molar-refractivity contribution in [2.75, 3.05) is 6.61 Å². The normalized spacial score (nSPS) is 9.79. The molecular weight excluding hydrogens is 244 g/mol. The van der Waals surface area contributed by atoms with E-state index in [4.69, 9.17) is 4.74 Å². The number of hydrogen-bond acceptors (Lipinski definition) is 4. The van der Waals surface area contributed by atoms with Gasteiger partial charge in [-0.1, -0.05) is 45.6 Å². The first-order valence-corrected chi connectivity index (χ1v) is 6.72. The van der Waals surface area contributed by atoms with Crippen LogP contribution in [0.3, 0.4) is 0 Å². The van der Waals surface area contributed by atoms with Gasteiger partial charge in [0.1, 0.15) is 0 Å². The summed E-state index contributed by atoms with van der Waals surface area (Å²) < 4.78 is 9.62. The van der Waals surface area contributed by atoms with Crippen molar-refractivity contribution in [2.45, 2.75) is 52.4 Å². The molecular formula is C15H24O4. The Kier molecular flexibility index (Phi) is 9.49. The monoisotopic (exact) mass is 268 g/mol. The number of unbranched alkanes of at least 4 members (excludes halogenated alkanes) is 5. The van der Waals surface area contributed by atoms with Gasteiger partial charge in [-0.25, -0.2) is 9.59 Å². The maximum Gasteiger partial charge on any atom is 0.373 e. The highest BCUT2D eigenvalue weighted by Crippen LogP contribution is 2.06. The lowest BCUT2D eigenvalue weighted by molar-refractivity contribution is -0.149. The van der Waals surface area contributed by atoms with Crippen molar-refractivity contribution in [3.63, 3.8) is 0 Å². The first-order chi connectivity index (χ1) is 8.99. The Hall–Kier alpha value is -1.58. The molecule has 4 nitrogen and oxygen atoms in total. The van der Waals surface area contributed by atoms with Gasteiger partial charge in [0.25, 0.3) is 0 Å². The molecule has 0 saturated carbocycles. The van der Waals surface area contributed by atoms with Crippen LogP contribution >= 0.6 is 0 Å². The van der Waals surface area contributed by atoms with Crippen LogP contribution in [0, 0.1) is 0 Å². The lowest BCUT2D eigenvalue weighted by Gasteiger charge is -2.07. The predicted octanol–water partition coefficient (Wildman–Crippen LogP) is 3.52. The maximum atomic E-state index is 11.4. The Morgan fingerprint density at radius 2 is 1.53 bits per heavy atom. The van der Waals surface area contributed by atoms with E-state index >= 15 is 0 Å². The zero-order valence-corrected chi connectivity index (χ0v) is 12.0. The lowest BCUT2D eigenvalue weighted by atomic mass is 10.1. The summed E-state index contributed by atoms with van der Waals surface area (Å²) in [5, 5.41) is 0. The van der Waals surface area contributed by atoms with Crippen LogP contribution in [0.15, 0.2) is 24.5 Å². The maximum absolute atomic E-state index is 11.4. The second-order valence-electron chi connectivity index (χ2n) is 4.50. The highest BCUT2D eigenvalue weighted by atomic mass is 16.6. The Morgan fingerprint density at radius 1 is 0.947 bits per heavy atom. The molecule has 0 unspecified atom stereocenters. The van der Waals surface area contributed by atoms with Gasteiger partial charge in [-0.05, 0) is 19.9 Å². The number of carbonyl (C=O) groups excluding carboxylic acids is 2. The molecule has 0 rings (SSSR count). The summed E-state index contributed by atoms with van der Waals surface area (Å²) in [5.41, 5.74) is 0.213. The zero-order valence-electron chi connectivity index (χ0n) is 12.0. The Labute approximate surface area is 115 Å². The summed E-state index contributed by atoms with van der Waals surface area (Å²) in [6, 6.07) is 0. The van der Waals surface area contributed by atoms with Crippen LogP contribution in [0.1, 0.15) is 52.4 Å². The van der Waals surface area contributed by atoms with Crippen LogP contribution < -0.4 is 0 Å². The zero-order chi connectivity index (χ0) is 14.7. The van der Waals surface area contributed by atoms with Crippen molar-refractivity contribution in [1.29, 1.82) is 0 Å². The van der Waals surface area contributed by atoms with Crippen LogP contribution in [0.2, 0.25) is 0 Å². The molecule has 0 fully saturated rings. The van der Waals surface area contributed by atoms with Crippen molar-refractivity contribution in [1.82, 2.24) is 0 Å². The Bertz CT molecular complexity index is 331. The number of rotatable bonds is 10. The average molecular weight is 268 g/mol. The lowest BCUT2D eigenvalue weighted by Crippen LogP contribution is -2.14. The molecule has 0 aliphatic carbocycles. The molecule has 108 valence electrons. The van der Waals surface area contributed by atoms with E-state index in [1.54, 1.807) is 0 Å². The van der Waals surface area contributed by atoms with Gasteiger partial charge in [0, 0.05) is 5.57 Å². The summed E-state index contributed by atoms with van der Waals surface area (Å²) in [6.45, 7) is 10.8. The fourth-order valence-corrected chi connectivity index (χ4v) is 1.37. The molecule has 0 bridgehead atoms. The van der Waals surface area contributed by atoms with Crippen molar-refractivity contribution in [3.05, 3.63) is 24.5 Å². The minimum Gasteiger partial charge on any atom is -0.460 e. The Balaban J connectivity index is 3.66. The van der Waals surface area contributed by atoms with Gasteiger partial charge in [-0.3, -0.25) is 0 Å². The highest BCUT2D eigenvalue weighted by molar-refractivity contribution is 5.93. The van der Waals surface area contributed by atoms with Gasteiger partial charge >= 0.3 is 11.9 Å². The molecule has 0 radical (unpaired) electrons. The first-order valence-electron chi connectivity index (χ1n) is 6.72. The van der Waals surface area contributed by atoms with Crippen LogP contribution in [0.5, 0.6) is 0 Å². The van der Waals surface area contributed by atoms with Gasteiger partial charge in [0.05, 0.1) is 6.61 Å². The van der Waals surface area contributed by atoms with E-state index in [9.17, 15) is 9.59 Å². The van der Waals surface area contributed by atoms with Gasteiger partial charge in [-0.2, -0.15) is 0 Å². The smallest absolute Gasteiger partial charge is 0.373 e. The van der Waals surface area contributed by atoms with E-state index < -0.39 is 11.9 Å². The van der Waals surface area contributed by atoms with Crippen molar-refractivity contribution in [2.24, 2.45) is 0 Å². The number of esters is 2. The molecule has 0 aromatic carbocycles. The van der Waals surface area contributed by atoms with E-state index in [0.29, 0.717) is 6.61 Å². The summed E-state index contributed by atoms with van der Waals surface area (Å²) >= 11 is 0. The SMILES string of the molecule is C=C(C)C(=O)OC(=C)C(=O)OCCCCCCCC. The molecule has 0 spiro atoms. The van der Waals surface area contributed by atoms with Gasteiger partial charge in [0.15, 0.2) is 0 Å². The van der Waals surface area contributed by atoms with E-state index in [1.807, 2.05) is 0 Å². The second kappa shape index (κ2) is 10.4. The predicted molar refractivity (Wildman–Crippen MR) is 74.4 cm³/mol. The van der Waals surface area contributed by atoms with Crippen molar-refractivity contribution < 1.29 is 19.1 Å². The van der Waals surface area contributed by atoms with Gasteiger partial charge in [0.2, 0.25) is 5.76 Å². The average Bonchev–Trinajstić information content (AvgIpc) is 2.37. The minimum absolute atomic E-state index is 0.213. The molecule has 0 atom stereocenters. The van der Waals surface area contributed by atoms with Crippen molar-refractivity contribution >= 4 is 11.9 Å². The van der Waals surface area contributed by atoms with Crippen molar-refractivity contribution in [3.8, 4) is 0 Å².